The second-order valence-corrected chi connectivity index (χ2v) is 8.82. The number of ketones is 1. The fourth-order valence-electron chi connectivity index (χ4n) is 3.18. The van der Waals surface area contributed by atoms with Gasteiger partial charge < -0.3 is 9.64 Å². The van der Waals surface area contributed by atoms with Gasteiger partial charge in [0.25, 0.3) is 0 Å². The first-order valence-corrected chi connectivity index (χ1v) is 11.0. The van der Waals surface area contributed by atoms with E-state index >= 15 is 0 Å². The van der Waals surface area contributed by atoms with E-state index < -0.39 is 0 Å². The predicted octanol–water partition coefficient (Wildman–Crippen LogP) is 3.87. The maximum absolute atomic E-state index is 12.6. The normalized spacial score (nSPS) is 14.9. The predicted molar refractivity (Wildman–Crippen MR) is 113 cm³/mol. The van der Waals surface area contributed by atoms with Crippen LogP contribution < -0.4 is 4.90 Å². The molecule has 0 spiro atoms. The Balaban J connectivity index is 1.70. The standard InChI is InChI=1S/C21H30N4O2S/c1-15(2)13-25-20(24-9-11-27-12-10-24)22-23-21(25)28-14-19(26)18-7-5-17(6-8-18)16(3)4/h5-8,15-16H,9-14H2,1-4H3. The largest absolute Gasteiger partial charge is 0.378 e. The zero-order chi connectivity index (χ0) is 20.1. The average Bonchev–Trinajstić information content (AvgIpc) is 3.08. The van der Waals surface area contributed by atoms with Crippen molar-refractivity contribution < 1.29 is 9.53 Å². The zero-order valence-corrected chi connectivity index (χ0v) is 18.0. The molecule has 1 saturated heterocycles. The first-order chi connectivity index (χ1) is 13.5. The molecule has 6 nitrogen and oxygen atoms in total. The van der Waals surface area contributed by atoms with Crippen molar-refractivity contribution in [2.24, 2.45) is 5.92 Å². The number of carbonyl (C=O) groups excluding carboxylic acids is 1. The SMILES string of the molecule is CC(C)Cn1c(SCC(=O)c2ccc(C(C)C)cc2)nnc1N1CCOCC1. The Kier molecular flexibility index (Phi) is 7.13. The van der Waals surface area contributed by atoms with E-state index in [9.17, 15) is 4.79 Å². The summed E-state index contributed by atoms with van der Waals surface area (Å²) in [6.45, 7) is 12.6. The Morgan fingerprint density at radius 3 is 2.39 bits per heavy atom. The number of hydrogen-bond donors (Lipinski definition) is 0. The monoisotopic (exact) mass is 402 g/mol. The van der Waals surface area contributed by atoms with Gasteiger partial charge in [0.05, 0.1) is 19.0 Å². The highest BCUT2D eigenvalue weighted by Gasteiger charge is 2.22. The van der Waals surface area contributed by atoms with Gasteiger partial charge in [0.2, 0.25) is 5.95 Å². The molecule has 2 heterocycles. The van der Waals surface area contributed by atoms with Crippen molar-refractivity contribution in [3.63, 3.8) is 0 Å². The molecule has 2 aromatic rings. The average molecular weight is 403 g/mol. The summed E-state index contributed by atoms with van der Waals surface area (Å²) in [4.78, 5) is 14.9. The molecule has 0 bridgehead atoms. The molecular formula is C21H30N4O2S. The van der Waals surface area contributed by atoms with Gasteiger partial charge >= 0.3 is 0 Å². The van der Waals surface area contributed by atoms with Crippen LogP contribution in [0.1, 0.15) is 49.5 Å². The Hall–Kier alpha value is -1.86. The lowest BCUT2D eigenvalue weighted by atomic mass is 10.0. The van der Waals surface area contributed by atoms with Crippen LogP contribution >= 0.6 is 11.8 Å². The zero-order valence-electron chi connectivity index (χ0n) is 17.2. The lowest BCUT2D eigenvalue weighted by molar-refractivity contribution is 0.102. The molecule has 1 aromatic heterocycles. The number of hydrogen-bond acceptors (Lipinski definition) is 6. The highest BCUT2D eigenvalue weighted by molar-refractivity contribution is 7.99. The summed E-state index contributed by atoms with van der Waals surface area (Å²) in [5, 5.41) is 9.62. The van der Waals surface area contributed by atoms with Crippen LogP contribution in [-0.2, 0) is 11.3 Å². The fourth-order valence-corrected chi connectivity index (χ4v) is 4.01. The Morgan fingerprint density at radius 1 is 1.11 bits per heavy atom. The maximum atomic E-state index is 12.6. The number of ether oxygens (including phenoxy) is 1. The van der Waals surface area contributed by atoms with Gasteiger partial charge in [-0.3, -0.25) is 9.36 Å². The first kappa shape index (κ1) is 20.9. The van der Waals surface area contributed by atoms with Gasteiger partial charge in [-0.1, -0.05) is 63.7 Å². The third-order valence-corrected chi connectivity index (χ3v) is 5.74. The molecule has 0 saturated carbocycles. The van der Waals surface area contributed by atoms with Gasteiger partial charge in [0.15, 0.2) is 10.9 Å². The van der Waals surface area contributed by atoms with E-state index in [0.717, 1.165) is 36.3 Å². The van der Waals surface area contributed by atoms with Gasteiger partial charge in [0, 0.05) is 25.2 Å². The molecule has 0 aliphatic carbocycles. The quantitative estimate of drug-likeness (QED) is 0.493. The molecule has 0 atom stereocenters. The highest BCUT2D eigenvalue weighted by atomic mass is 32.2. The third-order valence-electron chi connectivity index (χ3n) is 4.77. The van der Waals surface area contributed by atoms with Gasteiger partial charge in [0.1, 0.15) is 0 Å². The summed E-state index contributed by atoms with van der Waals surface area (Å²) in [5.74, 6) is 2.29. The van der Waals surface area contributed by atoms with E-state index in [2.05, 4.69) is 47.4 Å². The summed E-state index contributed by atoms with van der Waals surface area (Å²) in [6, 6.07) is 7.94. The molecule has 7 heteroatoms. The van der Waals surface area contributed by atoms with Crippen LogP contribution in [0.15, 0.2) is 29.4 Å². The Labute approximate surface area is 171 Å². The van der Waals surface area contributed by atoms with Crippen LogP contribution in [0.2, 0.25) is 0 Å². The maximum Gasteiger partial charge on any atom is 0.228 e. The fraction of sp³-hybridized carbons (Fsp3) is 0.571. The molecule has 1 aromatic carbocycles. The summed E-state index contributed by atoms with van der Waals surface area (Å²) < 4.78 is 7.60. The number of anilines is 1. The minimum atomic E-state index is 0.118. The molecule has 0 unspecified atom stereocenters. The number of aromatic nitrogens is 3. The number of carbonyl (C=O) groups is 1. The lowest BCUT2D eigenvalue weighted by Crippen LogP contribution is -2.38. The molecule has 0 amide bonds. The van der Waals surface area contributed by atoms with Gasteiger partial charge in [-0.25, -0.2) is 0 Å². The van der Waals surface area contributed by atoms with Crippen LogP contribution in [-0.4, -0.2) is 52.6 Å². The van der Waals surface area contributed by atoms with Gasteiger partial charge in [-0.2, -0.15) is 0 Å². The summed E-state index contributed by atoms with van der Waals surface area (Å²) >= 11 is 1.47. The summed E-state index contributed by atoms with van der Waals surface area (Å²) in [7, 11) is 0. The number of thioether (sulfide) groups is 1. The van der Waals surface area contributed by atoms with Crippen LogP contribution in [0, 0.1) is 5.92 Å². The molecule has 28 heavy (non-hydrogen) atoms. The molecule has 1 aliphatic heterocycles. The first-order valence-electron chi connectivity index (χ1n) is 9.97. The van der Waals surface area contributed by atoms with Crippen LogP contribution in [0.25, 0.3) is 0 Å². The number of morpholine rings is 1. The van der Waals surface area contributed by atoms with Crippen molar-refractivity contribution in [2.45, 2.75) is 45.3 Å². The van der Waals surface area contributed by atoms with Crippen molar-refractivity contribution in [1.29, 1.82) is 0 Å². The van der Waals surface area contributed by atoms with Crippen LogP contribution in [0.5, 0.6) is 0 Å². The van der Waals surface area contributed by atoms with Crippen molar-refractivity contribution in [2.75, 3.05) is 37.0 Å². The third kappa shape index (κ3) is 5.14. The summed E-state index contributed by atoms with van der Waals surface area (Å²) in [5.41, 5.74) is 2.00. The number of nitrogens with zero attached hydrogens (tertiary/aromatic N) is 4. The van der Waals surface area contributed by atoms with Crippen molar-refractivity contribution >= 4 is 23.5 Å². The van der Waals surface area contributed by atoms with E-state index in [1.165, 1.54) is 17.3 Å². The van der Waals surface area contributed by atoms with E-state index in [1.807, 2.05) is 24.3 Å². The smallest absolute Gasteiger partial charge is 0.228 e. The van der Waals surface area contributed by atoms with Crippen LogP contribution in [0.3, 0.4) is 0 Å². The minimum absolute atomic E-state index is 0.118. The van der Waals surface area contributed by atoms with Crippen molar-refractivity contribution in [3.8, 4) is 0 Å². The minimum Gasteiger partial charge on any atom is -0.378 e. The number of benzene rings is 1. The topological polar surface area (TPSA) is 60.2 Å². The van der Waals surface area contributed by atoms with E-state index in [0.29, 0.717) is 30.8 Å². The van der Waals surface area contributed by atoms with Gasteiger partial charge in [-0.15, -0.1) is 10.2 Å². The molecule has 1 fully saturated rings. The molecule has 0 radical (unpaired) electrons. The number of rotatable bonds is 8. The second-order valence-electron chi connectivity index (χ2n) is 7.88. The Morgan fingerprint density at radius 2 is 1.79 bits per heavy atom. The second kappa shape index (κ2) is 9.56. The molecule has 1 aliphatic rings. The number of Topliss-reactive ketones (excluding diaryl/α,β-unsaturated/α-hetero) is 1. The molecular weight excluding hydrogens is 372 g/mol. The highest BCUT2D eigenvalue weighted by Crippen LogP contribution is 2.25. The van der Waals surface area contributed by atoms with E-state index in [1.54, 1.807) is 0 Å². The van der Waals surface area contributed by atoms with E-state index in [-0.39, 0.29) is 5.78 Å². The van der Waals surface area contributed by atoms with E-state index in [4.69, 9.17) is 4.74 Å². The van der Waals surface area contributed by atoms with Gasteiger partial charge in [-0.05, 0) is 17.4 Å². The van der Waals surface area contributed by atoms with Crippen LogP contribution in [0.4, 0.5) is 5.95 Å². The lowest BCUT2D eigenvalue weighted by Gasteiger charge is -2.28. The molecule has 3 rings (SSSR count). The Bertz CT molecular complexity index is 780. The molecule has 0 N–H and O–H groups in total. The van der Waals surface area contributed by atoms with Crippen molar-refractivity contribution in [3.05, 3.63) is 35.4 Å². The molecule has 152 valence electrons. The van der Waals surface area contributed by atoms with Crippen molar-refractivity contribution in [1.82, 2.24) is 14.8 Å². The summed E-state index contributed by atoms with van der Waals surface area (Å²) in [6.07, 6.45) is 0.